The zero-order valence-corrected chi connectivity index (χ0v) is 14.7. The van der Waals surface area contributed by atoms with Gasteiger partial charge in [0.1, 0.15) is 12.4 Å². The number of nitrogens with one attached hydrogen (secondary N) is 1. The number of primary amides is 1. The van der Waals surface area contributed by atoms with E-state index in [2.05, 4.69) is 16.6 Å². The summed E-state index contributed by atoms with van der Waals surface area (Å²) in [7, 11) is -3.57. The largest absolute Gasteiger partial charge is 0.480 e. The summed E-state index contributed by atoms with van der Waals surface area (Å²) in [5.74, 6) is 5.06. The Morgan fingerprint density at radius 2 is 1.77 bits per heavy atom. The Morgan fingerprint density at radius 3 is 2.50 bits per heavy atom. The molecule has 134 valence electrons. The first-order valence-electron chi connectivity index (χ1n) is 7.68. The van der Waals surface area contributed by atoms with Crippen molar-refractivity contribution in [3.63, 3.8) is 0 Å². The molecule has 3 N–H and O–H groups in total. The summed E-state index contributed by atoms with van der Waals surface area (Å²) in [5, 5.41) is 1.09. The standard InChI is InChI=1S/C19H18N2O4S/c20-19(22)17-10-4-5-11-18(17)25-14-7-6-13-21-26(23,24)15-12-16-8-2-1-3-9-16/h1-5,8-12,15,21H,13-14H2,(H2,20,22)/b15-12+. The third kappa shape index (κ3) is 6.43. The van der Waals surface area contributed by atoms with E-state index >= 15 is 0 Å². The van der Waals surface area contributed by atoms with Crippen molar-refractivity contribution in [2.45, 2.75) is 0 Å². The lowest BCUT2D eigenvalue weighted by Crippen LogP contribution is -2.21. The highest BCUT2D eigenvalue weighted by Gasteiger charge is 2.07. The van der Waals surface area contributed by atoms with Crippen molar-refractivity contribution >= 4 is 22.0 Å². The van der Waals surface area contributed by atoms with Crippen LogP contribution in [0, 0.1) is 11.8 Å². The number of ether oxygens (including phenoxy) is 1. The number of hydrogen-bond acceptors (Lipinski definition) is 4. The van der Waals surface area contributed by atoms with Crippen LogP contribution in [0.2, 0.25) is 0 Å². The molecule has 1 amide bonds. The fraction of sp³-hybridized carbons (Fsp3) is 0.105. The number of hydrogen-bond donors (Lipinski definition) is 2. The fourth-order valence-corrected chi connectivity index (χ4v) is 2.65. The highest BCUT2D eigenvalue weighted by molar-refractivity contribution is 7.92. The van der Waals surface area contributed by atoms with Gasteiger partial charge in [0.2, 0.25) is 10.0 Å². The molecule has 0 radical (unpaired) electrons. The number of rotatable bonds is 7. The summed E-state index contributed by atoms with van der Waals surface area (Å²) in [5.41, 5.74) is 6.29. The van der Waals surface area contributed by atoms with E-state index < -0.39 is 15.9 Å². The molecule has 0 unspecified atom stereocenters. The van der Waals surface area contributed by atoms with Crippen LogP contribution >= 0.6 is 0 Å². The van der Waals surface area contributed by atoms with E-state index in [-0.39, 0.29) is 18.7 Å². The van der Waals surface area contributed by atoms with Gasteiger partial charge < -0.3 is 10.5 Å². The van der Waals surface area contributed by atoms with Gasteiger partial charge in [0.25, 0.3) is 5.91 Å². The maximum atomic E-state index is 11.8. The number of amides is 1. The minimum Gasteiger partial charge on any atom is -0.480 e. The van der Waals surface area contributed by atoms with E-state index in [1.165, 1.54) is 6.08 Å². The monoisotopic (exact) mass is 370 g/mol. The van der Waals surface area contributed by atoms with Gasteiger partial charge in [-0.25, -0.2) is 8.42 Å². The summed E-state index contributed by atoms with van der Waals surface area (Å²) in [4.78, 5) is 11.3. The summed E-state index contributed by atoms with van der Waals surface area (Å²) in [6.07, 6.45) is 1.50. The minimum atomic E-state index is -3.57. The second-order valence-electron chi connectivity index (χ2n) is 5.08. The van der Waals surface area contributed by atoms with Crippen LogP contribution in [0.25, 0.3) is 6.08 Å². The van der Waals surface area contributed by atoms with Gasteiger partial charge in [-0.1, -0.05) is 54.3 Å². The minimum absolute atomic E-state index is 0.00583. The first kappa shape index (κ1) is 19.2. The molecule has 0 saturated carbocycles. The molecule has 0 aliphatic carbocycles. The van der Waals surface area contributed by atoms with Crippen LogP contribution in [-0.2, 0) is 10.0 Å². The van der Waals surface area contributed by atoms with E-state index in [0.29, 0.717) is 5.75 Å². The van der Waals surface area contributed by atoms with Crippen molar-refractivity contribution in [1.82, 2.24) is 4.72 Å². The van der Waals surface area contributed by atoms with Crippen molar-refractivity contribution in [3.8, 4) is 17.6 Å². The van der Waals surface area contributed by atoms with Crippen LogP contribution in [0.1, 0.15) is 15.9 Å². The second-order valence-corrected chi connectivity index (χ2v) is 6.73. The Kier molecular flexibility index (Phi) is 6.97. The highest BCUT2D eigenvalue weighted by Crippen LogP contribution is 2.16. The number of benzene rings is 2. The Labute approximate surface area is 152 Å². The predicted molar refractivity (Wildman–Crippen MR) is 101 cm³/mol. The zero-order valence-electron chi connectivity index (χ0n) is 13.9. The lowest BCUT2D eigenvalue weighted by Gasteiger charge is -2.05. The molecule has 0 atom stereocenters. The second kappa shape index (κ2) is 9.42. The van der Waals surface area contributed by atoms with Crippen LogP contribution in [0.3, 0.4) is 0 Å². The van der Waals surface area contributed by atoms with E-state index in [0.717, 1.165) is 11.0 Å². The molecule has 0 aliphatic heterocycles. The first-order chi connectivity index (χ1) is 12.5. The molecule has 2 rings (SSSR count). The van der Waals surface area contributed by atoms with Crippen LogP contribution in [-0.4, -0.2) is 27.5 Å². The molecule has 0 bridgehead atoms. The van der Waals surface area contributed by atoms with Crippen molar-refractivity contribution in [3.05, 3.63) is 71.1 Å². The third-order valence-corrected chi connectivity index (χ3v) is 4.22. The van der Waals surface area contributed by atoms with Gasteiger partial charge in [0.05, 0.1) is 12.1 Å². The number of carbonyl (C=O) groups is 1. The normalized spacial score (nSPS) is 10.9. The van der Waals surface area contributed by atoms with Gasteiger partial charge in [-0.05, 0) is 23.8 Å². The first-order valence-corrected chi connectivity index (χ1v) is 9.23. The molecule has 0 aromatic heterocycles. The lowest BCUT2D eigenvalue weighted by molar-refractivity contribution is 0.0997. The van der Waals surface area contributed by atoms with Gasteiger partial charge in [0.15, 0.2) is 0 Å². The van der Waals surface area contributed by atoms with Crippen LogP contribution in [0.4, 0.5) is 0 Å². The zero-order chi connectivity index (χ0) is 18.8. The van der Waals surface area contributed by atoms with Crippen molar-refractivity contribution < 1.29 is 17.9 Å². The predicted octanol–water partition coefficient (Wildman–Crippen LogP) is 1.76. The SMILES string of the molecule is NC(=O)c1ccccc1OCC#CCNS(=O)(=O)/C=C/c1ccccc1. The smallest absolute Gasteiger partial charge is 0.252 e. The van der Waals surface area contributed by atoms with Gasteiger partial charge in [-0.15, -0.1) is 0 Å². The Morgan fingerprint density at radius 1 is 1.08 bits per heavy atom. The van der Waals surface area contributed by atoms with Gasteiger partial charge in [-0.2, -0.15) is 4.72 Å². The maximum Gasteiger partial charge on any atom is 0.252 e. The Balaban J connectivity index is 1.82. The van der Waals surface area contributed by atoms with Crippen molar-refractivity contribution in [2.75, 3.05) is 13.2 Å². The van der Waals surface area contributed by atoms with Crippen molar-refractivity contribution in [2.24, 2.45) is 5.73 Å². The summed E-state index contributed by atoms with van der Waals surface area (Å²) in [6.45, 7) is -0.0475. The van der Waals surface area contributed by atoms with Gasteiger partial charge >= 0.3 is 0 Å². The quantitative estimate of drug-likeness (QED) is 0.726. The van der Waals surface area contributed by atoms with Crippen LogP contribution < -0.4 is 15.2 Å². The summed E-state index contributed by atoms with van der Waals surface area (Å²) >= 11 is 0. The number of para-hydroxylation sites is 1. The molecule has 2 aromatic rings. The Hall–Kier alpha value is -3.08. The van der Waals surface area contributed by atoms with E-state index in [9.17, 15) is 13.2 Å². The van der Waals surface area contributed by atoms with Crippen LogP contribution in [0.15, 0.2) is 60.0 Å². The maximum absolute atomic E-state index is 11.8. The average Bonchev–Trinajstić information content (AvgIpc) is 2.64. The molecule has 0 heterocycles. The van der Waals surface area contributed by atoms with E-state index in [1.807, 2.05) is 18.2 Å². The molecular weight excluding hydrogens is 352 g/mol. The number of sulfonamides is 1. The lowest BCUT2D eigenvalue weighted by atomic mass is 10.2. The number of nitrogens with two attached hydrogens (primary N) is 1. The molecule has 0 saturated heterocycles. The third-order valence-electron chi connectivity index (χ3n) is 3.18. The average molecular weight is 370 g/mol. The molecule has 0 fully saturated rings. The van der Waals surface area contributed by atoms with Gasteiger partial charge in [0, 0.05) is 5.41 Å². The highest BCUT2D eigenvalue weighted by atomic mass is 32.2. The molecular formula is C19H18N2O4S. The van der Waals surface area contributed by atoms with E-state index in [4.69, 9.17) is 10.5 Å². The molecule has 0 spiro atoms. The number of carbonyl (C=O) groups excluding carboxylic acids is 1. The topological polar surface area (TPSA) is 98.5 Å². The molecule has 7 heteroatoms. The van der Waals surface area contributed by atoms with Gasteiger partial charge in [-0.3, -0.25) is 4.79 Å². The van der Waals surface area contributed by atoms with Crippen LogP contribution in [0.5, 0.6) is 5.75 Å². The summed E-state index contributed by atoms with van der Waals surface area (Å²) < 4.78 is 31.4. The van der Waals surface area contributed by atoms with E-state index in [1.54, 1.807) is 36.4 Å². The molecule has 0 aliphatic rings. The Bertz CT molecular complexity index is 942. The van der Waals surface area contributed by atoms with Crippen molar-refractivity contribution in [1.29, 1.82) is 0 Å². The fourth-order valence-electron chi connectivity index (χ4n) is 1.94. The summed E-state index contributed by atoms with van der Waals surface area (Å²) in [6, 6.07) is 15.6. The molecule has 6 nitrogen and oxygen atoms in total. The molecule has 2 aromatic carbocycles. The molecule has 26 heavy (non-hydrogen) atoms.